The molecule has 6 heteroatoms. The van der Waals surface area contributed by atoms with Gasteiger partial charge in [-0.05, 0) is 24.6 Å². The molecule has 22 heavy (non-hydrogen) atoms. The first-order valence-electron chi connectivity index (χ1n) is 6.65. The van der Waals surface area contributed by atoms with Crippen molar-refractivity contribution in [3.05, 3.63) is 65.7 Å². The zero-order valence-electron chi connectivity index (χ0n) is 12.0. The van der Waals surface area contributed by atoms with E-state index >= 15 is 0 Å². The first kappa shape index (κ1) is 16.2. The molecule has 0 unspecified atom stereocenters. The molecule has 1 N–H and O–H groups in total. The predicted molar refractivity (Wildman–Crippen MR) is 81.0 cm³/mol. The van der Waals surface area contributed by atoms with Crippen LogP contribution in [0.1, 0.15) is 11.1 Å². The van der Waals surface area contributed by atoms with E-state index in [0.29, 0.717) is 5.56 Å². The van der Waals surface area contributed by atoms with E-state index in [1.54, 1.807) is 42.5 Å². The van der Waals surface area contributed by atoms with Crippen molar-refractivity contribution in [1.82, 2.24) is 0 Å². The van der Waals surface area contributed by atoms with Gasteiger partial charge in [-0.15, -0.1) is 0 Å². The third-order valence-electron chi connectivity index (χ3n) is 3.09. The predicted octanol–water partition coefficient (Wildman–Crippen LogP) is 2.40. The third-order valence-corrected chi connectivity index (χ3v) is 4.43. The molecule has 0 amide bonds. The van der Waals surface area contributed by atoms with E-state index in [9.17, 15) is 18.3 Å². The Balaban J connectivity index is 2.20. The molecule has 0 aromatic heterocycles. The molecule has 0 spiro atoms. The van der Waals surface area contributed by atoms with Crippen LogP contribution in [0.25, 0.3) is 0 Å². The van der Waals surface area contributed by atoms with Crippen molar-refractivity contribution in [1.29, 1.82) is 0 Å². The van der Waals surface area contributed by atoms with Crippen molar-refractivity contribution >= 4 is 16.1 Å². The molecular weight excluding hydrogens is 304 g/mol. The zero-order valence-corrected chi connectivity index (χ0v) is 12.8. The van der Waals surface area contributed by atoms with Crippen LogP contribution in [0, 0.1) is 6.92 Å². The number of carbonyl (C=O) groups is 1. The van der Waals surface area contributed by atoms with Gasteiger partial charge in [-0.25, -0.2) is 4.79 Å². The summed E-state index contributed by atoms with van der Waals surface area (Å²) in [4.78, 5) is 11.2. The second-order valence-electron chi connectivity index (χ2n) is 4.88. The fourth-order valence-electron chi connectivity index (χ4n) is 1.90. The van der Waals surface area contributed by atoms with Crippen LogP contribution in [0.2, 0.25) is 0 Å². The average Bonchev–Trinajstić information content (AvgIpc) is 2.48. The van der Waals surface area contributed by atoms with Gasteiger partial charge in [0.25, 0.3) is 10.1 Å². The Hall–Kier alpha value is -2.18. The maximum Gasteiger partial charge on any atom is 0.334 e. The number of hydrogen-bond donors (Lipinski definition) is 1. The Kier molecular flexibility index (Phi) is 4.95. The fourth-order valence-corrected chi connectivity index (χ4v) is 2.94. The largest absolute Gasteiger partial charge is 0.479 e. The maximum atomic E-state index is 12.2. The molecule has 116 valence electrons. The minimum Gasteiger partial charge on any atom is -0.479 e. The van der Waals surface area contributed by atoms with Gasteiger partial charge in [-0.1, -0.05) is 48.0 Å². The van der Waals surface area contributed by atoms with Crippen molar-refractivity contribution < 1.29 is 22.5 Å². The van der Waals surface area contributed by atoms with Gasteiger partial charge >= 0.3 is 5.97 Å². The zero-order chi connectivity index (χ0) is 16.2. The highest BCUT2D eigenvalue weighted by Gasteiger charge is 2.27. The lowest BCUT2D eigenvalue weighted by atomic mass is 10.1. The molecule has 0 aliphatic heterocycles. The van der Waals surface area contributed by atoms with Gasteiger partial charge in [0.2, 0.25) is 0 Å². The van der Waals surface area contributed by atoms with Crippen molar-refractivity contribution in [2.75, 3.05) is 0 Å². The lowest BCUT2D eigenvalue weighted by Gasteiger charge is -2.14. The number of aryl methyl sites for hydroxylation is 1. The van der Waals surface area contributed by atoms with E-state index in [2.05, 4.69) is 0 Å². The summed E-state index contributed by atoms with van der Waals surface area (Å²) in [7, 11) is -4.12. The van der Waals surface area contributed by atoms with E-state index in [0.717, 1.165) is 5.56 Å². The summed E-state index contributed by atoms with van der Waals surface area (Å²) >= 11 is 0. The molecule has 1 atom stereocenters. The van der Waals surface area contributed by atoms with Crippen molar-refractivity contribution in [2.24, 2.45) is 0 Å². The Morgan fingerprint density at radius 2 is 1.68 bits per heavy atom. The third kappa shape index (κ3) is 4.16. The van der Waals surface area contributed by atoms with Crippen LogP contribution in [0.4, 0.5) is 0 Å². The lowest BCUT2D eigenvalue weighted by molar-refractivity contribution is -0.144. The first-order valence-corrected chi connectivity index (χ1v) is 8.06. The Labute approximate surface area is 129 Å². The second kappa shape index (κ2) is 6.72. The molecule has 0 fully saturated rings. The summed E-state index contributed by atoms with van der Waals surface area (Å²) in [5.74, 6) is -1.32. The standard InChI is InChI=1S/C16H16O5S/c1-12-7-9-14(10-8-12)22(19,20)21-15(16(17)18)11-13-5-3-2-4-6-13/h2-10,15H,11H2,1H3,(H,17,18)/t15-/m0/s1. The monoisotopic (exact) mass is 320 g/mol. The van der Waals surface area contributed by atoms with Crippen LogP contribution < -0.4 is 0 Å². The van der Waals surface area contributed by atoms with Gasteiger partial charge in [0.05, 0.1) is 4.90 Å². The lowest BCUT2D eigenvalue weighted by Crippen LogP contribution is -2.29. The summed E-state index contributed by atoms with van der Waals surface area (Å²) in [5.41, 5.74) is 1.59. The van der Waals surface area contributed by atoms with Gasteiger partial charge in [0.15, 0.2) is 6.10 Å². The van der Waals surface area contributed by atoms with Gasteiger partial charge in [-0.3, -0.25) is 4.18 Å². The number of rotatable bonds is 6. The fraction of sp³-hybridized carbons (Fsp3) is 0.188. The summed E-state index contributed by atoms with van der Waals surface area (Å²) < 4.78 is 29.2. The SMILES string of the molecule is Cc1ccc(S(=O)(=O)O[C@@H](Cc2ccccc2)C(=O)O)cc1. The molecule has 0 saturated carbocycles. The molecule has 0 aliphatic carbocycles. The molecule has 0 heterocycles. The number of carboxylic acid groups (broad SMARTS) is 1. The van der Waals surface area contributed by atoms with Gasteiger partial charge in [0, 0.05) is 6.42 Å². The second-order valence-corrected chi connectivity index (χ2v) is 6.45. The number of hydrogen-bond acceptors (Lipinski definition) is 4. The van der Waals surface area contributed by atoms with Crippen molar-refractivity contribution in [3.8, 4) is 0 Å². The number of carboxylic acids is 1. The van der Waals surface area contributed by atoms with E-state index < -0.39 is 22.2 Å². The summed E-state index contributed by atoms with van der Waals surface area (Å²) in [6.07, 6.45) is -1.49. The van der Waals surface area contributed by atoms with E-state index in [-0.39, 0.29) is 11.3 Å². The highest BCUT2D eigenvalue weighted by atomic mass is 32.2. The van der Waals surface area contributed by atoms with E-state index in [1.807, 2.05) is 6.92 Å². The molecule has 2 rings (SSSR count). The summed E-state index contributed by atoms with van der Waals surface area (Å²) in [6.45, 7) is 1.83. The van der Waals surface area contributed by atoms with E-state index in [1.165, 1.54) is 12.1 Å². The molecule has 0 aliphatic rings. The minimum absolute atomic E-state index is 0.0265. The van der Waals surface area contributed by atoms with Gasteiger partial charge in [-0.2, -0.15) is 8.42 Å². The minimum atomic E-state index is -4.12. The number of aliphatic carboxylic acids is 1. The highest BCUT2D eigenvalue weighted by Crippen LogP contribution is 2.17. The smallest absolute Gasteiger partial charge is 0.334 e. The van der Waals surface area contributed by atoms with Crippen LogP contribution in [-0.2, 0) is 25.5 Å². The van der Waals surface area contributed by atoms with Crippen LogP contribution >= 0.6 is 0 Å². The number of benzene rings is 2. The quantitative estimate of drug-likeness (QED) is 0.827. The molecule has 0 radical (unpaired) electrons. The van der Waals surface area contributed by atoms with Crippen LogP contribution in [-0.4, -0.2) is 25.6 Å². The van der Waals surface area contributed by atoms with Crippen molar-refractivity contribution in [2.45, 2.75) is 24.3 Å². The van der Waals surface area contributed by atoms with Gasteiger partial charge < -0.3 is 5.11 Å². The topological polar surface area (TPSA) is 80.7 Å². The van der Waals surface area contributed by atoms with Crippen LogP contribution in [0.3, 0.4) is 0 Å². The molecule has 5 nitrogen and oxygen atoms in total. The average molecular weight is 320 g/mol. The normalized spacial score (nSPS) is 12.8. The Morgan fingerprint density at radius 1 is 1.09 bits per heavy atom. The molecule has 2 aromatic rings. The summed E-state index contributed by atoms with van der Waals surface area (Å²) in [5, 5.41) is 9.20. The maximum absolute atomic E-state index is 12.2. The van der Waals surface area contributed by atoms with E-state index in [4.69, 9.17) is 4.18 Å². The Bertz CT molecular complexity index is 736. The van der Waals surface area contributed by atoms with Crippen molar-refractivity contribution in [3.63, 3.8) is 0 Å². The van der Waals surface area contributed by atoms with Crippen LogP contribution in [0.5, 0.6) is 0 Å². The molecule has 0 bridgehead atoms. The molecular formula is C16H16O5S. The summed E-state index contributed by atoms with van der Waals surface area (Å²) in [6, 6.07) is 14.8. The highest BCUT2D eigenvalue weighted by molar-refractivity contribution is 7.86. The molecule has 2 aromatic carbocycles. The molecule has 0 saturated heterocycles. The van der Waals surface area contributed by atoms with Crippen LogP contribution in [0.15, 0.2) is 59.5 Å². The Morgan fingerprint density at radius 3 is 2.23 bits per heavy atom. The van der Waals surface area contributed by atoms with Gasteiger partial charge in [0.1, 0.15) is 0 Å². The first-order chi connectivity index (χ1) is 10.4.